The molecular weight excluding hydrogens is 312 g/mol. The molecule has 0 saturated carbocycles. The SMILES string of the molecule is C=CCOc1ccccc1C1Nc2ccccc2C(=O)N1CCCC. The van der Waals surface area contributed by atoms with Gasteiger partial charge in [0, 0.05) is 17.8 Å². The van der Waals surface area contributed by atoms with E-state index in [4.69, 9.17) is 4.74 Å². The van der Waals surface area contributed by atoms with Crippen molar-refractivity contribution in [2.75, 3.05) is 18.5 Å². The van der Waals surface area contributed by atoms with E-state index < -0.39 is 0 Å². The van der Waals surface area contributed by atoms with Crippen molar-refractivity contribution in [2.45, 2.75) is 25.9 Å². The van der Waals surface area contributed by atoms with Gasteiger partial charge >= 0.3 is 0 Å². The van der Waals surface area contributed by atoms with E-state index in [1.54, 1.807) is 6.08 Å². The summed E-state index contributed by atoms with van der Waals surface area (Å²) in [5.74, 6) is 0.833. The number of carbonyl (C=O) groups excluding carboxylic acids is 1. The number of hydrogen-bond acceptors (Lipinski definition) is 3. The van der Waals surface area contributed by atoms with Crippen molar-refractivity contribution in [1.29, 1.82) is 0 Å². The topological polar surface area (TPSA) is 41.6 Å². The lowest BCUT2D eigenvalue weighted by atomic mass is 10.0. The Bertz CT molecular complexity index is 757. The van der Waals surface area contributed by atoms with Crippen molar-refractivity contribution in [3.63, 3.8) is 0 Å². The van der Waals surface area contributed by atoms with Crippen molar-refractivity contribution < 1.29 is 9.53 Å². The van der Waals surface area contributed by atoms with Crippen LogP contribution >= 0.6 is 0 Å². The van der Waals surface area contributed by atoms with Crippen LogP contribution in [0.3, 0.4) is 0 Å². The highest BCUT2D eigenvalue weighted by molar-refractivity contribution is 6.01. The van der Waals surface area contributed by atoms with Crippen LogP contribution in [0.1, 0.15) is 41.9 Å². The molecule has 1 N–H and O–H groups in total. The van der Waals surface area contributed by atoms with Crippen LogP contribution in [-0.2, 0) is 0 Å². The molecule has 25 heavy (non-hydrogen) atoms. The predicted molar refractivity (Wildman–Crippen MR) is 101 cm³/mol. The zero-order valence-electron chi connectivity index (χ0n) is 14.6. The van der Waals surface area contributed by atoms with Gasteiger partial charge < -0.3 is 15.0 Å². The second-order valence-corrected chi connectivity index (χ2v) is 6.08. The minimum absolute atomic E-state index is 0.0614. The fraction of sp³-hybridized carbons (Fsp3) is 0.286. The molecule has 1 unspecified atom stereocenters. The Balaban J connectivity index is 2.01. The van der Waals surface area contributed by atoms with Gasteiger partial charge in [-0.15, -0.1) is 0 Å². The van der Waals surface area contributed by atoms with Gasteiger partial charge in [-0.25, -0.2) is 0 Å². The van der Waals surface area contributed by atoms with Gasteiger partial charge in [-0.05, 0) is 24.6 Å². The molecule has 3 rings (SSSR count). The van der Waals surface area contributed by atoms with Crippen molar-refractivity contribution in [1.82, 2.24) is 4.90 Å². The summed E-state index contributed by atoms with van der Waals surface area (Å²) >= 11 is 0. The molecule has 130 valence electrons. The molecule has 0 aromatic heterocycles. The zero-order valence-corrected chi connectivity index (χ0v) is 14.6. The summed E-state index contributed by atoms with van der Waals surface area (Å²) < 4.78 is 5.82. The molecule has 0 saturated heterocycles. The van der Waals surface area contributed by atoms with Crippen LogP contribution in [0, 0.1) is 0 Å². The van der Waals surface area contributed by atoms with Crippen molar-refractivity contribution in [2.24, 2.45) is 0 Å². The Hall–Kier alpha value is -2.75. The molecule has 0 fully saturated rings. The number of fused-ring (bicyclic) bond motifs is 1. The maximum Gasteiger partial charge on any atom is 0.257 e. The van der Waals surface area contributed by atoms with Crippen LogP contribution in [0.5, 0.6) is 5.75 Å². The maximum absolute atomic E-state index is 13.1. The lowest BCUT2D eigenvalue weighted by Crippen LogP contribution is -2.43. The van der Waals surface area contributed by atoms with E-state index in [1.807, 2.05) is 53.4 Å². The molecule has 1 aliphatic heterocycles. The van der Waals surface area contributed by atoms with E-state index in [0.29, 0.717) is 13.2 Å². The van der Waals surface area contributed by atoms with E-state index in [2.05, 4.69) is 18.8 Å². The Morgan fingerprint density at radius 1 is 1.20 bits per heavy atom. The summed E-state index contributed by atoms with van der Waals surface area (Å²) in [4.78, 5) is 15.0. The first-order chi connectivity index (χ1) is 12.3. The first-order valence-corrected chi connectivity index (χ1v) is 8.75. The van der Waals surface area contributed by atoms with Crippen LogP contribution in [0.25, 0.3) is 0 Å². The number of ether oxygens (including phenoxy) is 1. The summed E-state index contributed by atoms with van der Waals surface area (Å²) in [5, 5.41) is 3.52. The normalized spacial score (nSPS) is 16.1. The molecule has 2 aromatic carbocycles. The van der Waals surface area contributed by atoms with E-state index in [1.165, 1.54) is 0 Å². The number of rotatable bonds is 7. The largest absolute Gasteiger partial charge is 0.489 e. The monoisotopic (exact) mass is 336 g/mol. The van der Waals surface area contributed by atoms with Gasteiger partial charge in [-0.3, -0.25) is 4.79 Å². The van der Waals surface area contributed by atoms with Gasteiger partial charge in [0.2, 0.25) is 0 Å². The van der Waals surface area contributed by atoms with Gasteiger partial charge in [0.05, 0.1) is 5.56 Å². The fourth-order valence-corrected chi connectivity index (χ4v) is 3.08. The highest BCUT2D eigenvalue weighted by atomic mass is 16.5. The maximum atomic E-state index is 13.1. The zero-order chi connectivity index (χ0) is 17.6. The van der Waals surface area contributed by atoms with Crippen molar-refractivity contribution in [3.8, 4) is 5.75 Å². The van der Waals surface area contributed by atoms with Crippen LogP contribution < -0.4 is 10.1 Å². The third kappa shape index (κ3) is 3.53. The molecule has 0 aliphatic carbocycles. The number of hydrogen-bond donors (Lipinski definition) is 1. The minimum Gasteiger partial charge on any atom is -0.489 e. The fourth-order valence-electron chi connectivity index (χ4n) is 3.08. The lowest BCUT2D eigenvalue weighted by Gasteiger charge is -2.38. The molecular formula is C21H24N2O2. The van der Waals surface area contributed by atoms with Gasteiger partial charge in [0.25, 0.3) is 5.91 Å². The third-order valence-electron chi connectivity index (χ3n) is 4.35. The first kappa shape index (κ1) is 17.1. The lowest BCUT2D eigenvalue weighted by molar-refractivity contribution is 0.0678. The van der Waals surface area contributed by atoms with Crippen molar-refractivity contribution in [3.05, 3.63) is 72.3 Å². The molecule has 0 bridgehead atoms. The molecule has 0 radical (unpaired) electrons. The first-order valence-electron chi connectivity index (χ1n) is 8.75. The highest BCUT2D eigenvalue weighted by Crippen LogP contribution is 2.36. The van der Waals surface area contributed by atoms with E-state index >= 15 is 0 Å². The van der Waals surface area contributed by atoms with Crippen LogP contribution in [0.2, 0.25) is 0 Å². The number of amides is 1. The van der Waals surface area contributed by atoms with Crippen LogP contribution in [-0.4, -0.2) is 24.0 Å². The number of para-hydroxylation sites is 2. The highest BCUT2D eigenvalue weighted by Gasteiger charge is 2.33. The third-order valence-corrected chi connectivity index (χ3v) is 4.35. The number of nitrogens with one attached hydrogen (secondary N) is 1. The average Bonchev–Trinajstić information content (AvgIpc) is 2.66. The molecule has 0 spiro atoms. The summed E-state index contributed by atoms with van der Waals surface area (Å²) in [7, 11) is 0. The second kappa shape index (κ2) is 7.88. The Morgan fingerprint density at radius 2 is 1.96 bits per heavy atom. The Labute approximate surface area is 149 Å². The number of carbonyl (C=O) groups is 1. The van der Waals surface area contributed by atoms with Gasteiger partial charge in [0.1, 0.15) is 18.5 Å². The van der Waals surface area contributed by atoms with Gasteiger partial charge in [-0.2, -0.15) is 0 Å². The number of anilines is 1. The molecule has 2 aromatic rings. The Kier molecular flexibility index (Phi) is 5.39. The molecule has 4 heteroatoms. The van der Waals surface area contributed by atoms with Crippen LogP contribution in [0.15, 0.2) is 61.2 Å². The number of unbranched alkanes of at least 4 members (excludes halogenated alkanes) is 1. The van der Waals surface area contributed by atoms with E-state index in [0.717, 1.165) is 35.4 Å². The quantitative estimate of drug-likeness (QED) is 0.750. The van der Waals surface area contributed by atoms with E-state index in [-0.39, 0.29) is 12.1 Å². The number of benzene rings is 2. The molecule has 4 nitrogen and oxygen atoms in total. The molecule has 1 heterocycles. The molecule has 1 atom stereocenters. The summed E-state index contributed by atoms with van der Waals surface area (Å²) in [6.07, 6.45) is 3.48. The number of nitrogens with zero attached hydrogens (tertiary/aromatic N) is 1. The van der Waals surface area contributed by atoms with Gasteiger partial charge in [0.15, 0.2) is 0 Å². The summed E-state index contributed by atoms with van der Waals surface area (Å²) in [6, 6.07) is 15.5. The standard InChI is InChI=1S/C21H24N2O2/c1-3-5-14-23-20(17-11-7-9-13-19(17)25-15-4-2)22-18-12-8-6-10-16(18)21(23)24/h4,6-13,20,22H,2-3,5,14-15H2,1H3. The molecule has 1 amide bonds. The van der Waals surface area contributed by atoms with Crippen LogP contribution in [0.4, 0.5) is 5.69 Å². The average molecular weight is 336 g/mol. The Morgan fingerprint density at radius 3 is 2.76 bits per heavy atom. The minimum atomic E-state index is -0.241. The van der Waals surface area contributed by atoms with E-state index in [9.17, 15) is 4.79 Å². The predicted octanol–water partition coefficient (Wildman–Crippen LogP) is 4.62. The summed E-state index contributed by atoms with van der Waals surface area (Å²) in [6.45, 7) is 6.98. The molecule has 1 aliphatic rings. The second-order valence-electron chi connectivity index (χ2n) is 6.08. The summed E-state index contributed by atoms with van der Waals surface area (Å²) in [5.41, 5.74) is 2.55. The smallest absolute Gasteiger partial charge is 0.257 e. The van der Waals surface area contributed by atoms with Crippen molar-refractivity contribution >= 4 is 11.6 Å². The van der Waals surface area contributed by atoms with Gasteiger partial charge in [-0.1, -0.05) is 56.3 Å².